The second-order valence-electron chi connectivity index (χ2n) is 8.60. The van der Waals surface area contributed by atoms with Crippen LogP contribution in [-0.2, 0) is 6.54 Å². The second kappa shape index (κ2) is 9.52. The number of piperidine rings is 1. The smallest absolute Gasteiger partial charge is 0.0695 e. The Hall–Kier alpha value is -2.85. The highest BCUT2D eigenvalue weighted by molar-refractivity contribution is 6.25. The van der Waals surface area contributed by atoms with Crippen LogP contribution in [0.15, 0.2) is 59.7 Å². The van der Waals surface area contributed by atoms with Crippen LogP contribution in [0.25, 0.3) is 16.7 Å². The van der Waals surface area contributed by atoms with Crippen molar-refractivity contribution in [2.24, 2.45) is 4.99 Å². The van der Waals surface area contributed by atoms with Crippen LogP contribution < -0.4 is 10.6 Å². The van der Waals surface area contributed by atoms with Gasteiger partial charge >= 0.3 is 0 Å². The van der Waals surface area contributed by atoms with Gasteiger partial charge in [-0.15, -0.1) is 0 Å². The summed E-state index contributed by atoms with van der Waals surface area (Å²) in [6.45, 7) is 12.4. The molecule has 2 aromatic rings. The molecule has 0 amide bonds. The monoisotopic (exact) mass is 414 g/mol. The van der Waals surface area contributed by atoms with E-state index in [4.69, 9.17) is 0 Å². The summed E-state index contributed by atoms with van der Waals surface area (Å²) in [5, 5.41) is 6.81. The molecule has 2 N–H and O–H groups in total. The van der Waals surface area contributed by atoms with E-state index in [9.17, 15) is 0 Å². The molecule has 4 heteroatoms. The number of benzene rings is 2. The fraction of sp³-hybridized carbons (Fsp3) is 0.370. The average molecular weight is 415 g/mol. The van der Waals surface area contributed by atoms with Crippen molar-refractivity contribution in [1.29, 1.82) is 0 Å². The van der Waals surface area contributed by atoms with Crippen LogP contribution in [0, 0.1) is 0 Å². The van der Waals surface area contributed by atoms with Crippen LogP contribution in [0.5, 0.6) is 0 Å². The van der Waals surface area contributed by atoms with Gasteiger partial charge in [-0.1, -0.05) is 37.3 Å². The molecule has 1 fully saturated rings. The van der Waals surface area contributed by atoms with Gasteiger partial charge in [0.15, 0.2) is 0 Å². The van der Waals surface area contributed by atoms with Crippen LogP contribution >= 0.6 is 0 Å². The van der Waals surface area contributed by atoms with E-state index in [0.29, 0.717) is 0 Å². The zero-order valence-corrected chi connectivity index (χ0v) is 19.1. The molecule has 4 rings (SSSR count). The lowest BCUT2D eigenvalue weighted by Gasteiger charge is -2.28. The summed E-state index contributed by atoms with van der Waals surface area (Å²) in [6, 6.07) is 13.4. The van der Waals surface area contributed by atoms with Gasteiger partial charge in [0.2, 0.25) is 0 Å². The van der Waals surface area contributed by atoms with E-state index < -0.39 is 0 Å². The van der Waals surface area contributed by atoms with E-state index in [2.05, 4.69) is 77.4 Å². The summed E-state index contributed by atoms with van der Waals surface area (Å²) in [4.78, 5) is 7.26. The molecule has 0 saturated carbocycles. The first-order valence-electron chi connectivity index (χ1n) is 11.4. The maximum Gasteiger partial charge on any atom is 0.0695 e. The van der Waals surface area contributed by atoms with Crippen molar-refractivity contribution in [2.75, 3.05) is 37.3 Å². The van der Waals surface area contributed by atoms with Crippen molar-refractivity contribution < 1.29 is 0 Å². The SMILES string of the molecule is C=CNc1c(NC)cc(C2=C(C)CN=C2C)cc1-c1ccccc1CN1CCCCC1. The third-order valence-electron chi connectivity index (χ3n) is 6.43. The molecule has 0 bridgehead atoms. The lowest BCUT2D eigenvalue weighted by atomic mass is 9.90. The minimum absolute atomic E-state index is 0.795. The van der Waals surface area contributed by atoms with Gasteiger partial charge in [0.05, 0.1) is 17.9 Å². The van der Waals surface area contributed by atoms with Crippen LogP contribution in [0.3, 0.4) is 0 Å². The van der Waals surface area contributed by atoms with Crippen molar-refractivity contribution in [1.82, 2.24) is 4.90 Å². The Balaban J connectivity index is 1.85. The largest absolute Gasteiger partial charge is 0.386 e. The highest BCUT2D eigenvalue weighted by Crippen LogP contribution is 2.41. The van der Waals surface area contributed by atoms with Gasteiger partial charge in [-0.3, -0.25) is 9.89 Å². The molecule has 0 aliphatic carbocycles. The van der Waals surface area contributed by atoms with Gasteiger partial charge in [-0.2, -0.15) is 0 Å². The number of allylic oxidation sites excluding steroid dienone is 1. The summed E-state index contributed by atoms with van der Waals surface area (Å²) in [5.74, 6) is 0. The van der Waals surface area contributed by atoms with Crippen molar-refractivity contribution in [3.8, 4) is 11.1 Å². The molecule has 162 valence electrons. The molecule has 0 radical (unpaired) electrons. The van der Waals surface area contributed by atoms with Gasteiger partial charge in [0.1, 0.15) is 0 Å². The maximum atomic E-state index is 4.67. The number of aliphatic imine (C=N–C) groups is 1. The minimum atomic E-state index is 0.795. The summed E-state index contributed by atoms with van der Waals surface area (Å²) in [7, 11) is 1.98. The molecular weight excluding hydrogens is 380 g/mol. The standard InChI is InChI=1S/C27H34N4/c1-5-29-27-24(15-22(16-25(27)28-4)26-19(2)17-30-20(26)3)23-12-8-7-11-21(23)18-31-13-9-6-10-14-31/h5,7-8,11-12,15-16,28-29H,1,6,9-10,13-14,17-18H2,2-4H3. The van der Waals surface area contributed by atoms with Crippen molar-refractivity contribution >= 4 is 22.7 Å². The summed E-state index contributed by atoms with van der Waals surface area (Å²) < 4.78 is 0. The topological polar surface area (TPSA) is 39.7 Å². The average Bonchev–Trinajstić information content (AvgIpc) is 3.13. The quantitative estimate of drug-likeness (QED) is 0.568. The molecule has 0 atom stereocenters. The molecule has 2 aliphatic heterocycles. The molecule has 1 saturated heterocycles. The number of likely N-dealkylation sites (tertiary alicyclic amines) is 1. The highest BCUT2D eigenvalue weighted by Gasteiger charge is 2.21. The summed E-state index contributed by atoms with van der Waals surface area (Å²) in [5.41, 5.74) is 10.9. The first-order chi connectivity index (χ1) is 15.1. The van der Waals surface area contributed by atoms with Gasteiger partial charge in [0, 0.05) is 30.4 Å². The zero-order chi connectivity index (χ0) is 21.8. The van der Waals surface area contributed by atoms with Gasteiger partial charge in [0.25, 0.3) is 0 Å². The number of rotatable bonds is 7. The minimum Gasteiger partial charge on any atom is -0.386 e. The number of anilines is 2. The molecule has 31 heavy (non-hydrogen) atoms. The first kappa shape index (κ1) is 21.4. The fourth-order valence-corrected chi connectivity index (χ4v) is 4.89. The Kier molecular flexibility index (Phi) is 6.57. The first-order valence-corrected chi connectivity index (χ1v) is 11.4. The van der Waals surface area contributed by atoms with E-state index >= 15 is 0 Å². The Labute approximate surface area is 186 Å². The Morgan fingerprint density at radius 1 is 1.06 bits per heavy atom. The third kappa shape index (κ3) is 4.45. The second-order valence-corrected chi connectivity index (χ2v) is 8.60. The highest BCUT2D eigenvalue weighted by atomic mass is 15.1. The zero-order valence-electron chi connectivity index (χ0n) is 19.1. The lowest BCUT2D eigenvalue weighted by Crippen LogP contribution is -2.29. The number of hydrogen-bond acceptors (Lipinski definition) is 4. The van der Waals surface area contributed by atoms with Crippen LogP contribution in [0.2, 0.25) is 0 Å². The Bertz CT molecular complexity index is 1030. The predicted molar refractivity (Wildman–Crippen MR) is 135 cm³/mol. The Morgan fingerprint density at radius 2 is 1.84 bits per heavy atom. The fourth-order valence-electron chi connectivity index (χ4n) is 4.89. The Morgan fingerprint density at radius 3 is 2.52 bits per heavy atom. The number of nitrogens with one attached hydrogen (secondary N) is 2. The van der Waals surface area contributed by atoms with Crippen LogP contribution in [0.1, 0.15) is 44.2 Å². The van der Waals surface area contributed by atoms with E-state index in [-0.39, 0.29) is 0 Å². The lowest BCUT2D eigenvalue weighted by molar-refractivity contribution is 0.221. The summed E-state index contributed by atoms with van der Waals surface area (Å²) in [6.07, 6.45) is 5.72. The van der Waals surface area contributed by atoms with E-state index in [1.54, 1.807) is 6.20 Å². The number of nitrogens with zero attached hydrogens (tertiary/aromatic N) is 2. The van der Waals surface area contributed by atoms with E-state index in [0.717, 1.165) is 30.2 Å². The van der Waals surface area contributed by atoms with Gasteiger partial charge in [-0.05, 0) is 80.4 Å². The van der Waals surface area contributed by atoms with E-state index in [1.165, 1.54) is 65.8 Å². The normalized spacial score (nSPS) is 16.9. The predicted octanol–water partition coefficient (Wildman–Crippen LogP) is 6.18. The molecule has 2 aromatic carbocycles. The molecule has 4 nitrogen and oxygen atoms in total. The third-order valence-corrected chi connectivity index (χ3v) is 6.43. The summed E-state index contributed by atoms with van der Waals surface area (Å²) >= 11 is 0. The maximum absolute atomic E-state index is 4.67. The molecule has 2 aliphatic rings. The molecule has 0 spiro atoms. The van der Waals surface area contributed by atoms with Crippen LogP contribution in [-0.4, -0.2) is 37.3 Å². The van der Waals surface area contributed by atoms with Gasteiger partial charge in [-0.25, -0.2) is 0 Å². The number of hydrogen-bond donors (Lipinski definition) is 2. The van der Waals surface area contributed by atoms with Crippen molar-refractivity contribution in [3.63, 3.8) is 0 Å². The molecule has 2 heterocycles. The van der Waals surface area contributed by atoms with Crippen molar-refractivity contribution in [3.05, 3.63) is 65.9 Å². The van der Waals surface area contributed by atoms with Crippen molar-refractivity contribution in [2.45, 2.75) is 39.7 Å². The van der Waals surface area contributed by atoms with Gasteiger partial charge < -0.3 is 10.6 Å². The van der Waals surface area contributed by atoms with Crippen LogP contribution in [0.4, 0.5) is 11.4 Å². The molecule has 0 unspecified atom stereocenters. The molecular formula is C27H34N4. The van der Waals surface area contributed by atoms with E-state index in [1.807, 2.05) is 7.05 Å². The molecule has 0 aromatic heterocycles.